The van der Waals surface area contributed by atoms with Crippen molar-refractivity contribution in [3.8, 4) is 0 Å². The summed E-state index contributed by atoms with van der Waals surface area (Å²) in [6.45, 7) is 4.05. The molecule has 0 spiro atoms. The molecule has 0 saturated carbocycles. The largest absolute Gasteiger partial charge is 0.393 e. The van der Waals surface area contributed by atoms with E-state index in [9.17, 15) is 5.11 Å². The monoisotopic (exact) mass is 244 g/mol. The third-order valence-electron chi connectivity index (χ3n) is 3.30. The molecule has 0 aliphatic heterocycles. The van der Waals surface area contributed by atoms with Gasteiger partial charge in [-0.1, -0.05) is 51.9 Å². The fraction of sp³-hybridized carbons (Fsp3) is 1.00. The van der Waals surface area contributed by atoms with Crippen LogP contribution < -0.4 is 0 Å². The van der Waals surface area contributed by atoms with Crippen LogP contribution in [0, 0.1) is 0 Å². The topological polar surface area (TPSA) is 40.5 Å². The van der Waals surface area contributed by atoms with E-state index < -0.39 is 0 Å². The predicted molar refractivity (Wildman–Crippen MR) is 74.1 cm³/mol. The normalized spacial score (nSPS) is 14.8. The summed E-state index contributed by atoms with van der Waals surface area (Å²) >= 11 is 0. The van der Waals surface area contributed by atoms with Crippen molar-refractivity contribution in [1.82, 2.24) is 0 Å². The first kappa shape index (κ1) is 16.9. The molecule has 2 N–H and O–H groups in total. The van der Waals surface area contributed by atoms with E-state index >= 15 is 0 Å². The molecule has 0 rings (SSSR count). The zero-order chi connectivity index (χ0) is 12.9. The maximum atomic E-state index is 9.72. The molecule has 17 heavy (non-hydrogen) atoms. The van der Waals surface area contributed by atoms with E-state index in [-0.39, 0.29) is 12.2 Å². The van der Waals surface area contributed by atoms with Gasteiger partial charge >= 0.3 is 0 Å². The second-order valence-corrected chi connectivity index (χ2v) is 5.34. The Morgan fingerprint density at radius 1 is 0.706 bits per heavy atom. The van der Waals surface area contributed by atoms with Gasteiger partial charge in [-0.05, 0) is 32.6 Å². The summed E-state index contributed by atoms with van der Waals surface area (Å²) in [5.74, 6) is 0. The van der Waals surface area contributed by atoms with Crippen LogP contribution in [0.3, 0.4) is 0 Å². The van der Waals surface area contributed by atoms with Crippen LogP contribution in [0.2, 0.25) is 0 Å². The molecule has 0 aromatic rings. The number of aliphatic hydroxyl groups is 2. The third-order valence-corrected chi connectivity index (χ3v) is 3.30. The minimum atomic E-state index is -0.222. The van der Waals surface area contributed by atoms with Crippen LogP contribution in [0.15, 0.2) is 0 Å². The van der Waals surface area contributed by atoms with Gasteiger partial charge in [-0.15, -0.1) is 0 Å². The van der Waals surface area contributed by atoms with Gasteiger partial charge in [-0.2, -0.15) is 0 Å². The van der Waals surface area contributed by atoms with Gasteiger partial charge in [0.25, 0.3) is 0 Å². The molecule has 2 nitrogen and oxygen atoms in total. The first-order chi connectivity index (χ1) is 8.16. The fourth-order valence-corrected chi connectivity index (χ4v) is 2.13. The molecular formula is C15H32O2. The highest BCUT2D eigenvalue weighted by atomic mass is 16.3. The molecule has 0 radical (unpaired) electrons. The average Bonchev–Trinajstić information content (AvgIpc) is 2.27. The van der Waals surface area contributed by atoms with Gasteiger partial charge in [-0.25, -0.2) is 0 Å². The average molecular weight is 244 g/mol. The van der Waals surface area contributed by atoms with E-state index in [1.807, 2.05) is 6.92 Å². The maximum Gasteiger partial charge on any atom is 0.0540 e. The Kier molecular flexibility index (Phi) is 12.3. The Balaban J connectivity index is 3.13. The molecule has 0 bridgehead atoms. The molecule has 0 saturated heterocycles. The molecule has 0 aliphatic carbocycles. The van der Waals surface area contributed by atoms with Gasteiger partial charge in [0.2, 0.25) is 0 Å². The molecule has 0 fully saturated rings. The lowest BCUT2D eigenvalue weighted by Gasteiger charge is -2.11. The summed E-state index contributed by atoms with van der Waals surface area (Å²) in [6, 6.07) is 0. The molecular weight excluding hydrogens is 212 g/mol. The van der Waals surface area contributed by atoms with Crippen molar-refractivity contribution < 1.29 is 10.2 Å². The number of aliphatic hydroxyl groups excluding tert-OH is 2. The van der Waals surface area contributed by atoms with Gasteiger partial charge in [0.15, 0.2) is 0 Å². The summed E-state index contributed by atoms with van der Waals surface area (Å²) in [4.78, 5) is 0. The molecule has 2 atom stereocenters. The van der Waals surface area contributed by atoms with Crippen molar-refractivity contribution in [3.05, 3.63) is 0 Å². The highest BCUT2D eigenvalue weighted by molar-refractivity contribution is 4.58. The summed E-state index contributed by atoms with van der Waals surface area (Å²) in [5.41, 5.74) is 0. The molecule has 0 aromatic carbocycles. The van der Waals surface area contributed by atoms with Gasteiger partial charge < -0.3 is 10.2 Å². The minimum absolute atomic E-state index is 0.149. The van der Waals surface area contributed by atoms with Gasteiger partial charge in [0, 0.05) is 0 Å². The Labute approximate surface area is 107 Å². The van der Waals surface area contributed by atoms with Crippen molar-refractivity contribution in [2.75, 3.05) is 0 Å². The first-order valence-electron chi connectivity index (χ1n) is 7.53. The number of hydrogen-bond acceptors (Lipinski definition) is 2. The number of rotatable bonds is 12. The molecule has 2 unspecified atom stereocenters. The Bertz CT molecular complexity index is 146. The fourth-order valence-electron chi connectivity index (χ4n) is 2.13. The lowest BCUT2D eigenvalue weighted by molar-refractivity contribution is 0.133. The van der Waals surface area contributed by atoms with Crippen LogP contribution in [0.4, 0.5) is 0 Å². The van der Waals surface area contributed by atoms with Crippen LogP contribution >= 0.6 is 0 Å². The molecule has 0 heterocycles. The van der Waals surface area contributed by atoms with Crippen LogP contribution in [-0.4, -0.2) is 22.4 Å². The van der Waals surface area contributed by atoms with E-state index in [1.165, 1.54) is 38.5 Å². The smallest absolute Gasteiger partial charge is 0.0540 e. The van der Waals surface area contributed by atoms with Crippen LogP contribution in [0.25, 0.3) is 0 Å². The van der Waals surface area contributed by atoms with Crippen molar-refractivity contribution in [1.29, 1.82) is 0 Å². The van der Waals surface area contributed by atoms with Gasteiger partial charge in [-0.3, -0.25) is 0 Å². The summed E-state index contributed by atoms with van der Waals surface area (Å²) in [5, 5.41) is 18.8. The van der Waals surface area contributed by atoms with E-state index in [0.717, 1.165) is 32.1 Å². The highest BCUT2D eigenvalue weighted by Gasteiger charge is 2.04. The summed E-state index contributed by atoms with van der Waals surface area (Å²) in [6.07, 6.45) is 12.3. The molecule has 0 amide bonds. The van der Waals surface area contributed by atoms with Crippen molar-refractivity contribution >= 4 is 0 Å². The lowest BCUT2D eigenvalue weighted by Crippen LogP contribution is -2.08. The van der Waals surface area contributed by atoms with Gasteiger partial charge in [0.05, 0.1) is 12.2 Å². The molecule has 0 aromatic heterocycles. The summed E-state index contributed by atoms with van der Waals surface area (Å²) < 4.78 is 0. The van der Waals surface area contributed by atoms with Crippen molar-refractivity contribution in [3.63, 3.8) is 0 Å². The van der Waals surface area contributed by atoms with Crippen LogP contribution in [-0.2, 0) is 0 Å². The highest BCUT2D eigenvalue weighted by Crippen LogP contribution is 2.13. The second-order valence-electron chi connectivity index (χ2n) is 5.34. The van der Waals surface area contributed by atoms with E-state index in [1.54, 1.807) is 0 Å². The van der Waals surface area contributed by atoms with E-state index in [4.69, 9.17) is 5.11 Å². The van der Waals surface area contributed by atoms with Gasteiger partial charge in [0.1, 0.15) is 0 Å². The van der Waals surface area contributed by atoms with Crippen LogP contribution in [0.5, 0.6) is 0 Å². The summed E-state index contributed by atoms with van der Waals surface area (Å²) in [7, 11) is 0. The Morgan fingerprint density at radius 2 is 1.24 bits per heavy atom. The van der Waals surface area contributed by atoms with Crippen LogP contribution in [0.1, 0.15) is 84.5 Å². The Morgan fingerprint density at radius 3 is 1.82 bits per heavy atom. The maximum absolute atomic E-state index is 9.72. The minimum Gasteiger partial charge on any atom is -0.393 e. The predicted octanol–water partition coefficient (Wildman–Crippen LogP) is 4.04. The molecule has 104 valence electrons. The van der Waals surface area contributed by atoms with E-state index in [0.29, 0.717) is 0 Å². The first-order valence-corrected chi connectivity index (χ1v) is 7.53. The lowest BCUT2D eigenvalue weighted by atomic mass is 10.0. The number of hydrogen-bond donors (Lipinski definition) is 2. The SMILES string of the molecule is CCCCCCCCCC(O)CCCC(C)O. The van der Waals surface area contributed by atoms with Crippen molar-refractivity contribution in [2.24, 2.45) is 0 Å². The standard InChI is InChI=1S/C15H32O2/c1-3-4-5-6-7-8-9-12-15(17)13-10-11-14(2)16/h14-17H,3-13H2,1-2H3. The zero-order valence-electron chi connectivity index (χ0n) is 11.8. The number of unbranched alkanes of at least 4 members (excludes halogenated alkanes) is 6. The van der Waals surface area contributed by atoms with Crippen molar-refractivity contribution in [2.45, 2.75) is 96.7 Å². The second kappa shape index (κ2) is 12.4. The van der Waals surface area contributed by atoms with E-state index in [2.05, 4.69) is 6.92 Å². The zero-order valence-corrected chi connectivity index (χ0v) is 11.8. The third kappa shape index (κ3) is 13.9. The molecule has 2 heteroatoms. The molecule has 0 aliphatic rings. The quantitative estimate of drug-likeness (QED) is 0.509. The Hall–Kier alpha value is -0.0800.